The van der Waals surface area contributed by atoms with Gasteiger partial charge in [0.1, 0.15) is 5.00 Å². The number of allylic oxidation sites excluding steroid dienone is 2. The van der Waals surface area contributed by atoms with Gasteiger partial charge in [-0.2, -0.15) is 0 Å². The average molecular weight is 446 g/mol. The number of thiophene rings is 1. The van der Waals surface area contributed by atoms with Crippen LogP contribution in [0.2, 0.25) is 0 Å². The first-order valence-corrected chi connectivity index (χ1v) is 12.0. The molecule has 0 aliphatic heterocycles. The Kier molecular flexibility index (Phi) is 5.99. The number of carboxylic acid groups (broad SMARTS) is 1. The molecular formula is C24H31NO5S. The van der Waals surface area contributed by atoms with Crippen LogP contribution in [0.25, 0.3) is 0 Å². The number of nitrogens with one attached hydrogen (secondary N) is 1. The molecule has 1 amide bonds. The van der Waals surface area contributed by atoms with Crippen molar-refractivity contribution in [1.29, 1.82) is 0 Å². The smallest absolute Gasteiger partial charge is 0.341 e. The SMILES string of the molecule is CC[C@@H]1CCc2c(sc(NC(=O)[C@H]3[C@H](C(=O)O)[C@H]4CC[C@H]3C4=C(C)C)c2C(=O)OC)C1. The second-order valence-electron chi connectivity index (χ2n) is 9.34. The number of amides is 1. The van der Waals surface area contributed by atoms with Gasteiger partial charge in [-0.25, -0.2) is 4.79 Å². The van der Waals surface area contributed by atoms with Gasteiger partial charge in [0, 0.05) is 4.88 Å². The van der Waals surface area contributed by atoms with E-state index in [1.807, 2.05) is 13.8 Å². The van der Waals surface area contributed by atoms with Crippen LogP contribution in [0.4, 0.5) is 5.00 Å². The van der Waals surface area contributed by atoms with Gasteiger partial charge in [-0.05, 0) is 69.3 Å². The summed E-state index contributed by atoms with van der Waals surface area (Å²) in [6, 6.07) is 0. The molecule has 1 aromatic rings. The Morgan fingerprint density at radius 2 is 1.81 bits per heavy atom. The molecule has 0 aromatic carbocycles. The third-order valence-corrected chi connectivity index (χ3v) is 8.75. The van der Waals surface area contributed by atoms with E-state index in [4.69, 9.17) is 4.74 Å². The van der Waals surface area contributed by atoms with Crippen molar-refractivity contribution in [2.24, 2.45) is 29.6 Å². The number of methoxy groups -OCH3 is 1. The first kappa shape index (κ1) is 22.1. The van der Waals surface area contributed by atoms with Crippen molar-refractivity contribution in [3.05, 3.63) is 27.2 Å². The van der Waals surface area contributed by atoms with Crippen molar-refractivity contribution in [2.75, 3.05) is 12.4 Å². The summed E-state index contributed by atoms with van der Waals surface area (Å²) in [5.41, 5.74) is 3.73. The fraction of sp³-hybridized carbons (Fsp3) is 0.625. The van der Waals surface area contributed by atoms with Crippen LogP contribution < -0.4 is 5.32 Å². The third kappa shape index (κ3) is 3.60. The zero-order valence-corrected chi connectivity index (χ0v) is 19.4. The fourth-order valence-corrected chi connectivity index (χ4v) is 7.56. The standard InChI is InChI=1S/C24H31NO5S/c1-5-12-6-7-13-16(10-12)31-22(20(13)24(29)30-4)25-21(26)18-14-8-9-15(17(14)11(2)3)19(18)23(27)28/h12,14-15,18-19H,5-10H2,1-4H3,(H,25,26)(H,27,28)/t12-,14+,15+,18-,19-/m1/s1. The van der Waals surface area contributed by atoms with Crippen molar-refractivity contribution in [2.45, 2.75) is 59.3 Å². The Morgan fingerprint density at radius 1 is 1.13 bits per heavy atom. The molecule has 0 radical (unpaired) electrons. The van der Waals surface area contributed by atoms with E-state index < -0.39 is 23.8 Å². The molecule has 1 aromatic heterocycles. The van der Waals surface area contributed by atoms with Gasteiger partial charge in [-0.15, -0.1) is 11.3 Å². The van der Waals surface area contributed by atoms with E-state index >= 15 is 0 Å². The molecule has 2 fully saturated rings. The van der Waals surface area contributed by atoms with E-state index in [0.717, 1.165) is 60.1 Å². The molecule has 1 heterocycles. The summed E-state index contributed by atoms with van der Waals surface area (Å²) in [5.74, 6) is -2.44. The van der Waals surface area contributed by atoms with Crippen LogP contribution in [0.15, 0.2) is 11.1 Å². The van der Waals surface area contributed by atoms with Gasteiger partial charge in [-0.3, -0.25) is 9.59 Å². The number of esters is 1. The number of carbonyl (C=O) groups excluding carboxylic acids is 2. The minimum absolute atomic E-state index is 0.0308. The molecule has 6 nitrogen and oxygen atoms in total. The first-order valence-electron chi connectivity index (χ1n) is 11.2. The van der Waals surface area contributed by atoms with E-state index in [1.165, 1.54) is 18.4 Å². The Bertz CT molecular complexity index is 957. The van der Waals surface area contributed by atoms with Crippen molar-refractivity contribution < 1.29 is 24.2 Å². The topological polar surface area (TPSA) is 92.7 Å². The van der Waals surface area contributed by atoms with Gasteiger partial charge in [0.05, 0.1) is 24.5 Å². The van der Waals surface area contributed by atoms with Gasteiger partial charge < -0.3 is 15.2 Å². The van der Waals surface area contributed by atoms with Crippen molar-refractivity contribution in [3.8, 4) is 0 Å². The summed E-state index contributed by atoms with van der Waals surface area (Å²) >= 11 is 1.46. The van der Waals surface area contributed by atoms with E-state index in [9.17, 15) is 19.5 Å². The Labute approximate surface area is 187 Å². The molecule has 31 heavy (non-hydrogen) atoms. The molecular weight excluding hydrogens is 414 g/mol. The fourth-order valence-electron chi connectivity index (χ4n) is 6.21. The molecule has 2 N–H and O–H groups in total. The maximum atomic E-state index is 13.4. The number of anilines is 1. The van der Waals surface area contributed by atoms with Gasteiger partial charge in [-0.1, -0.05) is 24.5 Å². The lowest BCUT2D eigenvalue weighted by Crippen LogP contribution is -2.38. The molecule has 2 bridgehead atoms. The lowest BCUT2D eigenvalue weighted by Gasteiger charge is -2.26. The molecule has 0 unspecified atom stereocenters. The van der Waals surface area contributed by atoms with Gasteiger partial charge in [0.25, 0.3) is 0 Å². The Balaban J connectivity index is 1.67. The van der Waals surface area contributed by atoms with E-state index in [0.29, 0.717) is 16.5 Å². The quantitative estimate of drug-likeness (QED) is 0.507. The summed E-state index contributed by atoms with van der Waals surface area (Å²) in [6.45, 7) is 6.19. The molecule has 3 aliphatic carbocycles. The van der Waals surface area contributed by atoms with Crippen LogP contribution in [0.3, 0.4) is 0 Å². The maximum Gasteiger partial charge on any atom is 0.341 e. The van der Waals surface area contributed by atoms with Crippen molar-refractivity contribution in [3.63, 3.8) is 0 Å². The summed E-state index contributed by atoms with van der Waals surface area (Å²) in [4.78, 5) is 39.3. The monoisotopic (exact) mass is 445 g/mol. The summed E-state index contributed by atoms with van der Waals surface area (Å²) in [5, 5.41) is 13.4. The minimum atomic E-state index is -0.907. The van der Waals surface area contributed by atoms with Crippen LogP contribution in [0.1, 0.15) is 67.3 Å². The zero-order chi connectivity index (χ0) is 22.4. The lowest BCUT2D eigenvalue weighted by molar-refractivity contribution is -0.148. The maximum absolute atomic E-state index is 13.4. The van der Waals surface area contributed by atoms with Crippen LogP contribution >= 0.6 is 11.3 Å². The van der Waals surface area contributed by atoms with Crippen LogP contribution in [-0.2, 0) is 27.2 Å². The average Bonchev–Trinajstić information content (AvgIpc) is 3.41. The number of carbonyl (C=O) groups is 3. The summed E-state index contributed by atoms with van der Waals surface area (Å²) in [7, 11) is 1.35. The molecule has 4 rings (SSSR count). The molecule has 0 spiro atoms. The van der Waals surface area contributed by atoms with Gasteiger partial charge >= 0.3 is 11.9 Å². The second-order valence-corrected chi connectivity index (χ2v) is 10.4. The molecule has 168 valence electrons. The van der Waals surface area contributed by atoms with Gasteiger partial charge in [0.15, 0.2) is 0 Å². The highest BCUT2D eigenvalue weighted by Gasteiger charge is 2.57. The number of hydrogen-bond acceptors (Lipinski definition) is 5. The van der Waals surface area contributed by atoms with E-state index in [2.05, 4.69) is 12.2 Å². The lowest BCUT2D eigenvalue weighted by atomic mass is 9.78. The molecule has 3 aliphatic rings. The Hall–Kier alpha value is -2.15. The molecule has 5 atom stereocenters. The normalized spacial score (nSPS) is 28.9. The number of carboxylic acids is 1. The number of hydrogen-bond donors (Lipinski definition) is 2. The van der Waals surface area contributed by atoms with E-state index in [1.54, 1.807) is 0 Å². The predicted molar refractivity (Wildman–Crippen MR) is 119 cm³/mol. The largest absolute Gasteiger partial charge is 0.481 e. The molecule has 7 heteroatoms. The number of fused-ring (bicyclic) bond motifs is 3. The highest BCUT2D eigenvalue weighted by molar-refractivity contribution is 7.17. The first-order chi connectivity index (χ1) is 14.8. The highest BCUT2D eigenvalue weighted by Crippen LogP contribution is 2.57. The van der Waals surface area contributed by atoms with Crippen LogP contribution in [-0.4, -0.2) is 30.1 Å². The zero-order valence-electron chi connectivity index (χ0n) is 18.6. The number of aliphatic carboxylic acids is 1. The van der Waals surface area contributed by atoms with Crippen molar-refractivity contribution >= 4 is 34.2 Å². The van der Waals surface area contributed by atoms with Gasteiger partial charge in [0.2, 0.25) is 5.91 Å². The third-order valence-electron chi connectivity index (χ3n) is 7.58. The van der Waals surface area contributed by atoms with E-state index in [-0.39, 0.29) is 17.7 Å². The number of rotatable bonds is 5. The Morgan fingerprint density at radius 3 is 2.39 bits per heavy atom. The minimum Gasteiger partial charge on any atom is -0.481 e. The van der Waals surface area contributed by atoms with Crippen LogP contribution in [0.5, 0.6) is 0 Å². The summed E-state index contributed by atoms with van der Waals surface area (Å²) in [6.07, 6.45) is 5.49. The van der Waals surface area contributed by atoms with Crippen molar-refractivity contribution in [1.82, 2.24) is 0 Å². The second kappa shape index (κ2) is 8.41. The predicted octanol–water partition coefficient (Wildman–Crippen LogP) is 4.68. The number of ether oxygens (including phenoxy) is 1. The van der Waals surface area contributed by atoms with Crippen LogP contribution in [0, 0.1) is 29.6 Å². The summed E-state index contributed by atoms with van der Waals surface area (Å²) < 4.78 is 5.03. The highest BCUT2D eigenvalue weighted by atomic mass is 32.1. The molecule has 2 saturated carbocycles. The molecule has 0 saturated heterocycles.